The van der Waals surface area contributed by atoms with E-state index in [0.29, 0.717) is 58.3 Å². The number of alkyl halides is 9. The Hall–Kier alpha value is -6.79. The van der Waals surface area contributed by atoms with E-state index in [1.807, 2.05) is 10.6 Å². The summed E-state index contributed by atoms with van der Waals surface area (Å²) in [5.41, 5.74) is -6.68. The van der Waals surface area contributed by atoms with Crippen molar-refractivity contribution in [3.05, 3.63) is 143 Å². The third-order valence-corrected chi connectivity index (χ3v) is 8.25. The highest BCUT2D eigenvalue weighted by Crippen LogP contribution is 2.40. The summed E-state index contributed by atoms with van der Waals surface area (Å²) in [6, 6.07) is 11.8. The van der Waals surface area contributed by atoms with Crippen molar-refractivity contribution in [3.63, 3.8) is 0 Å². The Labute approximate surface area is 312 Å². The molecular weight excluding hydrogens is 786 g/mol. The molecule has 0 bridgehead atoms. The minimum Gasteiger partial charge on any atom is -0.305 e. The number of hydrogen-bond donors (Lipinski definition) is 3. The molecule has 0 fully saturated rings. The first-order chi connectivity index (χ1) is 26.7. The standard InChI is InChI=1S/C38H21F12N5O2/c39-27-10-7-20(36(42,43)44)16-30(27)52-34(56)54-33-26-6-2-5-24(25(26)13-14-51-33)19-3-1-4-23(15-19)55(32-18-22(38(48,49)50)9-12-29(32)41)35(57)53-31-17-21(37(45,46)47)8-11-28(31)40/h1-18H,(H,53,57)(H2,51,52,54,56). The van der Waals surface area contributed by atoms with Gasteiger partial charge in [0, 0.05) is 11.6 Å². The number of urea groups is 2. The lowest BCUT2D eigenvalue weighted by molar-refractivity contribution is -0.138. The van der Waals surface area contributed by atoms with Crippen LogP contribution in [0.15, 0.2) is 109 Å². The number of nitrogens with zero attached hydrogens (tertiary/aromatic N) is 2. The van der Waals surface area contributed by atoms with E-state index in [1.165, 1.54) is 48.7 Å². The first kappa shape index (κ1) is 39.9. The van der Waals surface area contributed by atoms with Crippen molar-refractivity contribution in [2.75, 3.05) is 20.9 Å². The molecule has 0 aliphatic carbocycles. The Morgan fingerprint density at radius 3 is 1.68 bits per heavy atom. The molecule has 0 atom stereocenters. The first-order valence-electron chi connectivity index (χ1n) is 16.0. The van der Waals surface area contributed by atoms with Gasteiger partial charge in [0.25, 0.3) is 0 Å². The quantitative estimate of drug-likeness (QED) is 0.147. The molecule has 7 nitrogen and oxygen atoms in total. The molecular formula is C38H21F12N5O2. The Morgan fingerprint density at radius 1 is 0.544 bits per heavy atom. The maximum Gasteiger partial charge on any atom is 0.416 e. The van der Waals surface area contributed by atoms with Gasteiger partial charge in [-0.25, -0.2) is 27.7 Å². The molecule has 6 aromatic rings. The van der Waals surface area contributed by atoms with Gasteiger partial charge in [0.05, 0.1) is 39.4 Å². The fourth-order valence-corrected chi connectivity index (χ4v) is 5.62. The van der Waals surface area contributed by atoms with Crippen LogP contribution in [0.5, 0.6) is 0 Å². The van der Waals surface area contributed by atoms with Crippen LogP contribution in [0.2, 0.25) is 0 Å². The van der Waals surface area contributed by atoms with Gasteiger partial charge in [-0.05, 0) is 89.3 Å². The van der Waals surface area contributed by atoms with Crippen LogP contribution in [0.3, 0.4) is 0 Å². The minimum atomic E-state index is -5.04. The molecule has 1 aromatic heterocycles. The molecule has 19 heteroatoms. The van der Waals surface area contributed by atoms with Gasteiger partial charge < -0.3 is 10.6 Å². The third-order valence-electron chi connectivity index (χ3n) is 8.25. The Balaban J connectivity index is 1.39. The van der Waals surface area contributed by atoms with E-state index in [4.69, 9.17) is 0 Å². The number of carbonyl (C=O) groups is 2. The van der Waals surface area contributed by atoms with E-state index >= 15 is 4.39 Å². The first-order valence-corrected chi connectivity index (χ1v) is 16.0. The molecule has 6 rings (SSSR count). The summed E-state index contributed by atoms with van der Waals surface area (Å²) in [4.78, 5) is 31.0. The lowest BCUT2D eigenvalue weighted by atomic mass is 9.98. The van der Waals surface area contributed by atoms with E-state index in [2.05, 4.69) is 10.3 Å². The second-order valence-electron chi connectivity index (χ2n) is 12.0. The Bertz CT molecular complexity index is 2520. The number of nitrogens with one attached hydrogen (secondary N) is 3. The number of amides is 4. The van der Waals surface area contributed by atoms with E-state index in [-0.39, 0.29) is 34.6 Å². The summed E-state index contributed by atoms with van der Waals surface area (Å²) in [6.45, 7) is 0. The minimum absolute atomic E-state index is 0.162. The van der Waals surface area contributed by atoms with Gasteiger partial charge in [-0.2, -0.15) is 39.5 Å². The number of anilines is 5. The molecule has 0 spiro atoms. The molecule has 0 aliphatic heterocycles. The van der Waals surface area contributed by atoms with E-state index < -0.39 is 81.8 Å². The number of pyridine rings is 1. The highest BCUT2D eigenvalue weighted by atomic mass is 19.4. The number of fused-ring (bicyclic) bond motifs is 1. The average molecular weight is 808 g/mol. The van der Waals surface area contributed by atoms with Crippen LogP contribution in [0.4, 0.5) is 90.8 Å². The average Bonchev–Trinajstić information content (AvgIpc) is 3.13. The third kappa shape index (κ3) is 8.71. The number of aromatic nitrogens is 1. The normalized spacial score (nSPS) is 12.0. The molecule has 294 valence electrons. The summed E-state index contributed by atoms with van der Waals surface area (Å²) in [5, 5.41) is 6.72. The van der Waals surface area contributed by atoms with E-state index in [0.717, 1.165) is 6.07 Å². The maximum absolute atomic E-state index is 15.4. The van der Waals surface area contributed by atoms with Crippen molar-refractivity contribution >= 4 is 51.4 Å². The van der Waals surface area contributed by atoms with Gasteiger partial charge in [0.1, 0.15) is 23.3 Å². The van der Waals surface area contributed by atoms with Crippen LogP contribution in [0, 0.1) is 17.5 Å². The predicted molar refractivity (Wildman–Crippen MR) is 185 cm³/mol. The molecule has 0 saturated carbocycles. The summed E-state index contributed by atoms with van der Waals surface area (Å²) in [7, 11) is 0. The van der Waals surface area contributed by atoms with Gasteiger partial charge in [-0.3, -0.25) is 10.2 Å². The molecule has 4 amide bonds. The SMILES string of the molecule is O=C(Nc1cc(C(F)(F)F)ccc1F)Nc1nccc2c(-c3cccc(N(C(=O)Nc4cc(C(F)(F)F)ccc4F)c4cc(C(F)(F)F)ccc4F)c3)cccc12. The summed E-state index contributed by atoms with van der Waals surface area (Å²) in [6.07, 6.45) is -13.6. The van der Waals surface area contributed by atoms with Crippen molar-refractivity contribution in [3.8, 4) is 11.1 Å². The van der Waals surface area contributed by atoms with Crippen LogP contribution in [-0.4, -0.2) is 17.0 Å². The van der Waals surface area contributed by atoms with Crippen molar-refractivity contribution < 1.29 is 62.3 Å². The van der Waals surface area contributed by atoms with Crippen molar-refractivity contribution in [1.82, 2.24) is 4.98 Å². The number of halogens is 12. The second-order valence-corrected chi connectivity index (χ2v) is 12.0. The highest BCUT2D eigenvalue weighted by Gasteiger charge is 2.35. The van der Waals surface area contributed by atoms with Crippen molar-refractivity contribution in [1.29, 1.82) is 0 Å². The van der Waals surface area contributed by atoms with Gasteiger partial charge in [-0.15, -0.1) is 0 Å². The summed E-state index contributed by atoms with van der Waals surface area (Å²) < 4.78 is 165. The largest absolute Gasteiger partial charge is 0.416 e. The summed E-state index contributed by atoms with van der Waals surface area (Å²) >= 11 is 0. The highest BCUT2D eigenvalue weighted by molar-refractivity contribution is 6.10. The second kappa shape index (κ2) is 15.0. The lowest BCUT2D eigenvalue weighted by Gasteiger charge is -2.25. The molecule has 57 heavy (non-hydrogen) atoms. The van der Waals surface area contributed by atoms with Gasteiger partial charge in [-0.1, -0.05) is 30.3 Å². The molecule has 0 radical (unpaired) electrons. The monoisotopic (exact) mass is 807 g/mol. The zero-order valence-corrected chi connectivity index (χ0v) is 28.1. The van der Waals surface area contributed by atoms with Crippen LogP contribution in [0.1, 0.15) is 16.7 Å². The molecule has 3 N–H and O–H groups in total. The number of benzene rings is 5. The van der Waals surface area contributed by atoms with E-state index in [1.54, 1.807) is 0 Å². The Kier molecular flexibility index (Phi) is 10.5. The smallest absolute Gasteiger partial charge is 0.305 e. The van der Waals surface area contributed by atoms with Crippen LogP contribution in [0.25, 0.3) is 21.9 Å². The lowest BCUT2D eigenvalue weighted by Crippen LogP contribution is -2.32. The van der Waals surface area contributed by atoms with Gasteiger partial charge >= 0.3 is 30.6 Å². The van der Waals surface area contributed by atoms with Crippen LogP contribution in [-0.2, 0) is 18.5 Å². The van der Waals surface area contributed by atoms with E-state index in [9.17, 15) is 57.9 Å². The predicted octanol–water partition coefficient (Wildman–Crippen LogP) is 12.4. The maximum atomic E-state index is 15.4. The van der Waals surface area contributed by atoms with Crippen LogP contribution >= 0.6 is 0 Å². The number of hydrogen-bond acceptors (Lipinski definition) is 3. The van der Waals surface area contributed by atoms with Crippen LogP contribution < -0.4 is 20.9 Å². The molecule has 0 aliphatic rings. The fourth-order valence-electron chi connectivity index (χ4n) is 5.62. The van der Waals surface area contributed by atoms with Gasteiger partial charge in [0.2, 0.25) is 0 Å². The number of rotatable bonds is 6. The molecule has 1 heterocycles. The topological polar surface area (TPSA) is 86.4 Å². The summed E-state index contributed by atoms with van der Waals surface area (Å²) in [5.74, 6) is -4.05. The zero-order chi connectivity index (χ0) is 41.4. The number of carbonyl (C=O) groups excluding carboxylic acids is 2. The van der Waals surface area contributed by atoms with Crippen molar-refractivity contribution in [2.24, 2.45) is 0 Å². The van der Waals surface area contributed by atoms with Crippen molar-refractivity contribution in [2.45, 2.75) is 18.5 Å². The molecule has 0 unspecified atom stereocenters. The Morgan fingerprint density at radius 2 is 1.09 bits per heavy atom. The molecule has 0 saturated heterocycles. The fraction of sp³-hybridized carbons (Fsp3) is 0.0789. The van der Waals surface area contributed by atoms with Gasteiger partial charge in [0.15, 0.2) is 0 Å². The zero-order valence-electron chi connectivity index (χ0n) is 28.1. The molecule has 5 aromatic carbocycles.